The van der Waals surface area contributed by atoms with Gasteiger partial charge in [-0.3, -0.25) is 9.59 Å². The van der Waals surface area contributed by atoms with Crippen molar-refractivity contribution in [3.05, 3.63) is 57.1 Å². The Kier molecular flexibility index (Phi) is 4.12. The van der Waals surface area contributed by atoms with Crippen LogP contribution < -0.4 is 5.56 Å². The van der Waals surface area contributed by atoms with Crippen LogP contribution in [0.15, 0.2) is 34.1 Å². The second kappa shape index (κ2) is 5.97. The fourth-order valence-corrected chi connectivity index (χ4v) is 3.53. The molecule has 0 spiro atoms. The number of nitrogens with zero attached hydrogens (tertiary/aromatic N) is 1. The molecule has 1 aliphatic heterocycles. The van der Waals surface area contributed by atoms with Crippen LogP contribution in [-0.4, -0.2) is 26.3 Å². The summed E-state index contributed by atoms with van der Waals surface area (Å²) in [5, 5.41) is 8.58. The summed E-state index contributed by atoms with van der Waals surface area (Å²) in [7, 11) is 0. The number of hydrogen-bond donors (Lipinski definition) is 2. The molecule has 0 saturated heterocycles. The van der Waals surface area contributed by atoms with Crippen LogP contribution >= 0.6 is 11.8 Å². The fourth-order valence-electron chi connectivity index (χ4n) is 2.43. The highest BCUT2D eigenvalue weighted by Crippen LogP contribution is 2.34. The number of aromatic amines is 1. The van der Waals surface area contributed by atoms with E-state index in [4.69, 9.17) is 5.11 Å². The normalized spacial score (nSPS) is 16.9. The number of benzene rings is 1. The fraction of sp³-hybridized carbons (Fsp3) is 0.267. The third-order valence-corrected chi connectivity index (χ3v) is 4.79. The van der Waals surface area contributed by atoms with Gasteiger partial charge in [0.15, 0.2) is 0 Å². The van der Waals surface area contributed by atoms with Crippen molar-refractivity contribution in [2.45, 2.75) is 29.3 Å². The number of carboxylic acid groups (broad SMARTS) is 1. The second-order valence-corrected chi connectivity index (χ2v) is 6.51. The van der Waals surface area contributed by atoms with Crippen molar-refractivity contribution in [1.29, 1.82) is 0 Å². The molecule has 0 radical (unpaired) electrons. The summed E-state index contributed by atoms with van der Waals surface area (Å²) in [6.07, 6.45) is -4.34. The first-order chi connectivity index (χ1) is 11.2. The molecule has 9 heteroatoms. The van der Waals surface area contributed by atoms with Crippen LogP contribution in [0.2, 0.25) is 0 Å². The van der Waals surface area contributed by atoms with E-state index >= 15 is 0 Å². The highest BCUT2D eigenvalue weighted by Gasteiger charge is 2.32. The van der Waals surface area contributed by atoms with Crippen molar-refractivity contribution in [2.75, 3.05) is 0 Å². The van der Waals surface area contributed by atoms with Gasteiger partial charge in [0.25, 0.3) is 5.56 Å². The molecule has 2 aromatic rings. The minimum Gasteiger partial charge on any atom is -0.480 e. The van der Waals surface area contributed by atoms with Crippen LogP contribution in [0.4, 0.5) is 13.2 Å². The van der Waals surface area contributed by atoms with Gasteiger partial charge in [-0.1, -0.05) is 30.0 Å². The summed E-state index contributed by atoms with van der Waals surface area (Å²) >= 11 is 0.980. The molecule has 1 unspecified atom stereocenters. The van der Waals surface area contributed by atoms with E-state index in [-0.39, 0.29) is 18.7 Å². The zero-order chi connectivity index (χ0) is 17.5. The Bertz CT molecular complexity index is 864. The first-order valence-corrected chi connectivity index (χ1v) is 7.79. The molecule has 2 heterocycles. The van der Waals surface area contributed by atoms with E-state index in [0.29, 0.717) is 16.2 Å². The molecule has 24 heavy (non-hydrogen) atoms. The molecule has 2 N–H and O–H groups in total. The third-order valence-electron chi connectivity index (χ3n) is 3.57. The van der Waals surface area contributed by atoms with E-state index in [0.717, 1.165) is 23.9 Å². The highest BCUT2D eigenvalue weighted by atomic mass is 32.2. The van der Waals surface area contributed by atoms with E-state index in [1.807, 2.05) is 0 Å². The van der Waals surface area contributed by atoms with Gasteiger partial charge in [-0.05, 0) is 11.6 Å². The van der Waals surface area contributed by atoms with Crippen molar-refractivity contribution < 1.29 is 23.1 Å². The van der Waals surface area contributed by atoms with Crippen molar-refractivity contribution in [3.63, 3.8) is 0 Å². The predicted molar refractivity (Wildman–Crippen MR) is 80.1 cm³/mol. The van der Waals surface area contributed by atoms with Gasteiger partial charge < -0.3 is 10.1 Å². The summed E-state index contributed by atoms with van der Waals surface area (Å²) < 4.78 is 38.2. The topological polar surface area (TPSA) is 83.0 Å². The van der Waals surface area contributed by atoms with Gasteiger partial charge in [0.05, 0.1) is 11.1 Å². The molecule has 0 fully saturated rings. The van der Waals surface area contributed by atoms with Gasteiger partial charge in [-0.25, -0.2) is 4.98 Å². The average Bonchev–Trinajstić information content (AvgIpc) is 2.91. The predicted octanol–water partition coefficient (Wildman–Crippen LogP) is 2.48. The van der Waals surface area contributed by atoms with Gasteiger partial charge in [0.2, 0.25) is 0 Å². The van der Waals surface area contributed by atoms with E-state index < -0.39 is 28.5 Å². The number of aliphatic carboxylic acids is 1. The molecule has 5 nitrogen and oxygen atoms in total. The summed E-state index contributed by atoms with van der Waals surface area (Å²) in [6, 6.07) is 4.77. The Hall–Kier alpha value is -2.29. The lowest BCUT2D eigenvalue weighted by molar-refractivity contribution is -0.138. The number of alkyl halides is 3. The van der Waals surface area contributed by atoms with Crippen LogP contribution in [0.3, 0.4) is 0 Å². The molecule has 0 bridgehead atoms. The molecule has 1 aromatic heterocycles. The van der Waals surface area contributed by atoms with Crippen LogP contribution in [0, 0.1) is 0 Å². The molecule has 126 valence electrons. The molecule has 0 amide bonds. The number of carboxylic acids is 1. The lowest BCUT2D eigenvalue weighted by Gasteiger charge is -2.09. The lowest BCUT2D eigenvalue weighted by atomic mass is 10.1. The molecule has 0 saturated carbocycles. The molecule has 1 atom stereocenters. The minimum absolute atomic E-state index is 0.0186. The van der Waals surface area contributed by atoms with E-state index in [9.17, 15) is 22.8 Å². The minimum atomic E-state index is -4.45. The van der Waals surface area contributed by atoms with Gasteiger partial charge in [-0.15, -0.1) is 0 Å². The summed E-state index contributed by atoms with van der Waals surface area (Å²) in [5.74, 6) is -0.826. The molecule has 0 aliphatic carbocycles. The number of hydrogen-bond acceptors (Lipinski definition) is 4. The Labute approximate surface area is 137 Å². The molecule has 3 rings (SSSR count). The Morgan fingerprint density at radius 2 is 2.17 bits per heavy atom. The number of rotatable bonds is 3. The van der Waals surface area contributed by atoms with Gasteiger partial charge >= 0.3 is 12.1 Å². The summed E-state index contributed by atoms with van der Waals surface area (Å²) in [5.41, 5.74) is -0.562. The van der Waals surface area contributed by atoms with Crippen molar-refractivity contribution >= 4 is 17.7 Å². The van der Waals surface area contributed by atoms with E-state index in [1.165, 1.54) is 12.1 Å². The maximum absolute atomic E-state index is 12.7. The van der Waals surface area contributed by atoms with Crippen molar-refractivity contribution in [2.24, 2.45) is 0 Å². The first-order valence-electron chi connectivity index (χ1n) is 6.91. The highest BCUT2D eigenvalue weighted by molar-refractivity contribution is 8.00. The zero-order valence-electron chi connectivity index (χ0n) is 12.1. The van der Waals surface area contributed by atoms with Crippen LogP contribution in [-0.2, 0) is 23.8 Å². The maximum atomic E-state index is 12.7. The summed E-state index contributed by atoms with van der Waals surface area (Å²) in [4.78, 5) is 29.8. The monoisotopic (exact) mass is 356 g/mol. The van der Waals surface area contributed by atoms with Crippen molar-refractivity contribution in [3.8, 4) is 0 Å². The number of nitrogens with one attached hydrogen (secondary N) is 1. The number of aromatic nitrogens is 2. The average molecular weight is 356 g/mol. The first kappa shape index (κ1) is 16.6. The lowest BCUT2D eigenvalue weighted by Crippen LogP contribution is -2.20. The van der Waals surface area contributed by atoms with Crippen molar-refractivity contribution in [1.82, 2.24) is 9.97 Å². The van der Waals surface area contributed by atoms with Crippen LogP contribution in [0.5, 0.6) is 0 Å². The maximum Gasteiger partial charge on any atom is 0.416 e. The smallest absolute Gasteiger partial charge is 0.416 e. The number of carbonyl (C=O) groups is 1. The number of halogens is 3. The standard InChI is InChI=1S/C15H11F3N2O3S/c16-15(17,18)8-3-1-2-7(4-8)5-11-19-12(21)9-6-10(14(22)23)24-13(9)20-11/h1-4,10H,5-6H2,(H,22,23)(H,19,20,21). The molecule has 1 aromatic carbocycles. The molecular formula is C15H11F3N2O3S. The van der Waals surface area contributed by atoms with Crippen LogP contribution in [0.1, 0.15) is 22.5 Å². The summed E-state index contributed by atoms with van der Waals surface area (Å²) in [6.45, 7) is 0. The largest absolute Gasteiger partial charge is 0.480 e. The molecule has 1 aliphatic rings. The van der Waals surface area contributed by atoms with E-state index in [1.54, 1.807) is 0 Å². The van der Waals surface area contributed by atoms with Gasteiger partial charge in [0.1, 0.15) is 16.1 Å². The van der Waals surface area contributed by atoms with Gasteiger partial charge in [0, 0.05) is 12.8 Å². The zero-order valence-corrected chi connectivity index (χ0v) is 12.9. The quantitative estimate of drug-likeness (QED) is 0.826. The number of H-pyrrole nitrogens is 1. The Morgan fingerprint density at radius 3 is 2.83 bits per heavy atom. The Morgan fingerprint density at radius 1 is 1.42 bits per heavy atom. The van der Waals surface area contributed by atoms with Crippen LogP contribution in [0.25, 0.3) is 0 Å². The van der Waals surface area contributed by atoms with E-state index in [2.05, 4.69) is 9.97 Å². The SMILES string of the molecule is O=C(O)C1Cc2c(nc(Cc3cccc(C(F)(F)F)c3)[nH]c2=O)S1. The number of fused-ring (bicyclic) bond motifs is 1. The number of thioether (sulfide) groups is 1. The second-order valence-electron chi connectivity index (χ2n) is 5.32. The third kappa shape index (κ3) is 3.30. The molecular weight excluding hydrogens is 345 g/mol. The Balaban J connectivity index is 1.88. The van der Waals surface area contributed by atoms with Gasteiger partial charge in [-0.2, -0.15) is 13.2 Å².